The Morgan fingerprint density at radius 3 is 2.11 bits per heavy atom. The molecule has 2 heterocycles. The van der Waals surface area contributed by atoms with Gasteiger partial charge in [-0.2, -0.15) is 26.3 Å². The van der Waals surface area contributed by atoms with Crippen molar-refractivity contribution in [3.8, 4) is 22.6 Å². The second kappa shape index (κ2) is 7.01. The third-order valence-corrected chi connectivity index (χ3v) is 3.78. The lowest BCUT2D eigenvalue weighted by atomic mass is 10.1. The number of hydrogen-bond donors (Lipinski definition) is 0. The minimum absolute atomic E-state index is 0.0410. The van der Waals surface area contributed by atoms with Gasteiger partial charge in [-0.15, -0.1) is 0 Å². The largest absolute Gasteiger partial charge is 0.433 e. The van der Waals surface area contributed by atoms with E-state index in [0.717, 1.165) is 0 Å². The summed E-state index contributed by atoms with van der Waals surface area (Å²) < 4.78 is 91.9. The molecule has 3 rings (SSSR count). The molecule has 11 heteroatoms. The van der Waals surface area contributed by atoms with Crippen molar-refractivity contribution in [3.05, 3.63) is 64.8 Å². The summed E-state index contributed by atoms with van der Waals surface area (Å²) >= 11 is 5.71. The fourth-order valence-electron chi connectivity index (χ4n) is 2.30. The number of hydrogen-bond acceptors (Lipinski definition) is 3. The molecule has 0 N–H and O–H groups in total. The first kappa shape index (κ1) is 20.0. The van der Waals surface area contributed by atoms with E-state index in [1.165, 1.54) is 18.3 Å². The van der Waals surface area contributed by atoms with Crippen molar-refractivity contribution in [2.24, 2.45) is 0 Å². The average molecular weight is 422 g/mol. The van der Waals surface area contributed by atoms with E-state index in [2.05, 4.69) is 15.0 Å². The number of halogens is 8. The fourth-order valence-corrected chi connectivity index (χ4v) is 2.47. The number of alkyl halides is 6. The minimum atomic E-state index is -4.90. The predicted octanol–water partition coefficient (Wildman–Crippen LogP) is 6.04. The molecule has 3 nitrogen and oxygen atoms in total. The molecule has 0 aliphatic heterocycles. The number of pyridine rings is 1. The van der Waals surface area contributed by atoms with Crippen molar-refractivity contribution in [1.82, 2.24) is 15.0 Å². The van der Waals surface area contributed by atoms with Crippen molar-refractivity contribution in [3.63, 3.8) is 0 Å². The molecule has 1 aromatic carbocycles. The van der Waals surface area contributed by atoms with Crippen LogP contribution in [-0.2, 0) is 12.4 Å². The van der Waals surface area contributed by atoms with Crippen LogP contribution in [-0.4, -0.2) is 15.0 Å². The van der Waals surface area contributed by atoms with Gasteiger partial charge < -0.3 is 0 Å². The Balaban J connectivity index is 2.20. The Morgan fingerprint density at radius 1 is 0.821 bits per heavy atom. The van der Waals surface area contributed by atoms with E-state index < -0.39 is 46.5 Å². The van der Waals surface area contributed by atoms with Gasteiger partial charge >= 0.3 is 12.4 Å². The van der Waals surface area contributed by atoms with E-state index in [9.17, 15) is 30.7 Å². The molecule has 0 saturated carbocycles. The smallest absolute Gasteiger partial charge is 0.245 e. The van der Waals surface area contributed by atoms with Gasteiger partial charge in [0.1, 0.15) is 16.7 Å². The molecule has 0 spiro atoms. The van der Waals surface area contributed by atoms with Gasteiger partial charge in [0.05, 0.1) is 11.3 Å². The number of benzene rings is 1. The van der Waals surface area contributed by atoms with Crippen LogP contribution in [0.3, 0.4) is 0 Å². The molecule has 0 saturated heterocycles. The first-order valence-electron chi connectivity index (χ1n) is 7.40. The lowest BCUT2D eigenvalue weighted by molar-refractivity contribution is -0.141. The molecule has 0 unspecified atom stereocenters. The summed E-state index contributed by atoms with van der Waals surface area (Å²) in [4.78, 5) is 11.0. The van der Waals surface area contributed by atoms with Crippen LogP contribution in [0.1, 0.15) is 11.3 Å². The van der Waals surface area contributed by atoms with Crippen molar-refractivity contribution in [2.75, 3.05) is 0 Å². The quantitative estimate of drug-likeness (QED) is 0.374. The van der Waals surface area contributed by atoms with E-state index in [1.54, 1.807) is 0 Å². The predicted molar refractivity (Wildman–Crippen MR) is 85.7 cm³/mol. The number of rotatable bonds is 2. The highest BCUT2D eigenvalue weighted by atomic mass is 35.5. The molecule has 0 atom stereocenters. The van der Waals surface area contributed by atoms with E-state index in [4.69, 9.17) is 11.6 Å². The molecular weight excluding hydrogens is 415 g/mol. The van der Waals surface area contributed by atoms with Gasteiger partial charge in [-0.05, 0) is 36.4 Å². The van der Waals surface area contributed by atoms with Gasteiger partial charge in [0.15, 0.2) is 5.82 Å². The van der Waals surface area contributed by atoms with E-state index in [0.29, 0.717) is 18.2 Å². The highest BCUT2D eigenvalue weighted by Crippen LogP contribution is 2.35. The zero-order chi connectivity index (χ0) is 20.7. The minimum Gasteiger partial charge on any atom is -0.245 e. The Kier molecular flexibility index (Phi) is 5.00. The highest BCUT2D eigenvalue weighted by Gasteiger charge is 2.35. The Morgan fingerprint density at radius 2 is 1.54 bits per heavy atom. The summed E-state index contributed by atoms with van der Waals surface area (Å²) in [5.74, 6) is -1.81. The molecule has 0 radical (unpaired) electrons. The van der Waals surface area contributed by atoms with Crippen LogP contribution >= 0.6 is 11.6 Å². The Bertz CT molecular complexity index is 1030. The second-order valence-electron chi connectivity index (χ2n) is 5.52. The summed E-state index contributed by atoms with van der Waals surface area (Å²) in [6, 6.07) is 4.39. The monoisotopic (exact) mass is 421 g/mol. The number of aromatic nitrogens is 3. The molecule has 0 fully saturated rings. The van der Waals surface area contributed by atoms with Gasteiger partial charge in [0, 0.05) is 17.3 Å². The third-order valence-electron chi connectivity index (χ3n) is 3.57. The van der Waals surface area contributed by atoms with Gasteiger partial charge in [0.25, 0.3) is 0 Å². The first-order chi connectivity index (χ1) is 12.9. The van der Waals surface area contributed by atoms with Gasteiger partial charge in [-0.25, -0.2) is 19.3 Å². The molecule has 0 aliphatic carbocycles. The second-order valence-corrected chi connectivity index (χ2v) is 5.91. The molecule has 0 bridgehead atoms. The third kappa shape index (κ3) is 4.22. The van der Waals surface area contributed by atoms with Gasteiger partial charge in [-0.3, -0.25) is 0 Å². The Labute approximate surface area is 157 Å². The average Bonchev–Trinajstić information content (AvgIpc) is 2.59. The van der Waals surface area contributed by atoms with Crippen molar-refractivity contribution < 1.29 is 30.7 Å². The molecular formula is C17H7ClF7N3. The molecule has 2 aromatic heterocycles. The van der Waals surface area contributed by atoms with E-state index in [1.807, 2.05) is 0 Å². The summed E-state index contributed by atoms with van der Waals surface area (Å²) in [5, 5.41) is -0.0410. The lowest BCUT2D eigenvalue weighted by Crippen LogP contribution is -2.11. The SMILES string of the molecule is Fc1cc(C(F)(F)F)ccc1-c1cc(C(F)(F)F)nc(-c2ccnc(Cl)c2)n1. The molecule has 0 amide bonds. The lowest BCUT2D eigenvalue weighted by Gasteiger charge is -2.12. The van der Waals surface area contributed by atoms with Gasteiger partial charge in [-0.1, -0.05) is 11.6 Å². The van der Waals surface area contributed by atoms with Crippen molar-refractivity contribution in [1.29, 1.82) is 0 Å². The maximum atomic E-state index is 14.2. The maximum Gasteiger partial charge on any atom is 0.433 e. The zero-order valence-corrected chi connectivity index (χ0v) is 14.2. The topological polar surface area (TPSA) is 38.7 Å². The molecule has 28 heavy (non-hydrogen) atoms. The summed E-state index contributed by atoms with van der Waals surface area (Å²) in [6.45, 7) is 0. The van der Waals surface area contributed by atoms with E-state index >= 15 is 0 Å². The summed E-state index contributed by atoms with van der Waals surface area (Å²) in [5.41, 5.74) is -3.67. The summed E-state index contributed by atoms with van der Waals surface area (Å²) in [7, 11) is 0. The van der Waals surface area contributed by atoms with Crippen LogP contribution in [0.5, 0.6) is 0 Å². The Hall–Kier alpha value is -2.75. The zero-order valence-electron chi connectivity index (χ0n) is 13.4. The first-order valence-corrected chi connectivity index (χ1v) is 7.78. The van der Waals surface area contributed by atoms with E-state index in [-0.39, 0.29) is 16.8 Å². The standard InChI is InChI=1S/C17H7ClF7N3/c18-14-5-8(3-4-26-14)15-27-12(7-13(28-15)17(23,24)25)10-2-1-9(6-11(10)19)16(20,21)22/h1-7H. The van der Waals surface area contributed by atoms with Crippen molar-refractivity contribution in [2.45, 2.75) is 12.4 Å². The van der Waals surface area contributed by atoms with Crippen LogP contribution < -0.4 is 0 Å². The maximum absolute atomic E-state index is 14.2. The molecule has 3 aromatic rings. The van der Waals surface area contributed by atoms with Crippen LogP contribution in [0.25, 0.3) is 22.6 Å². The van der Waals surface area contributed by atoms with Crippen LogP contribution in [0.2, 0.25) is 5.15 Å². The molecule has 146 valence electrons. The van der Waals surface area contributed by atoms with Crippen molar-refractivity contribution >= 4 is 11.6 Å². The summed E-state index contributed by atoms with van der Waals surface area (Å²) in [6.07, 6.45) is -8.49. The van der Waals surface area contributed by atoms with Crippen LogP contribution in [0.4, 0.5) is 30.7 Å². The fraction of sp³-hybridized carbons (Fsp3) is 0.118. The number of nitrogens with zero attached hydrogens (tertiary/aromatic N) is 3. The van der Waals surface area contributed by atoms with Crippen LogP contribution in [0, 0.1) is 5.82 Å². The normalized spacial score (nSPS) is 12.3. The molecule has 0 aliphatic rings. The van der Waals surface area contributed by atoms with Crippen LogP contribution in [0.15, 0.2) is 42.6 Å². The highest BCUT2D eigenvalue weighted by molar-refractivity contribution is 6.29. The van der Waals surface area contributed by atoms with Gasteiger partial charge in [0.2, 0.25) is 0 Å².